The van der Waals surface area contributed by atoms with E-state index in [9.17, 15) is 0 Å². The van der Waals surface area contributed by atoms with Gasteiger partial charge in [0.05, 0.1) is 0 Å². The van der Waals surface area contributed by atoms with Crippen molar-refractivity contribution in [3.8, 4) is 0 Å². The van der Waals surface area contributed by atoms with Crippen LogP contribution in [-0.4, -0.2) is 8.41 Å². The molecule has 0 aliphatic carbocycles. The second-order valence-corrected chi connectivity index (χ2v) is 0. The molecule has 0 rings (SSSR count). The molecule has 0 heterocycles. The smallest absolute Gasteiger partial charge is 3.00 e. The molecule has 3 radical (unpaired) electrons. The van der Waals surface area contributed by atoms with Crippen molar-refractivity contribution >= 4 is 8.41 Å². The Kier molecular flexibility index (Phi) is 2010. The van der Waals surface area contributed by atoms with E-state index >= 15 is 0 Å². The minimum atomic E-state index is 0. The van der Waals surface area contributed by atoms with Crippen molar-refractivity contribution in [2.24, 2.45) is 0 Å². The van der Waals surface area contributed by atoms with E-state index in [0.717, 1.165) is 0 Å². The molecule has 19 valence electrons. The summed E-state index contributed by atoms with van der Waals surface area (Å²) in [5.74, 6) is 0. The van der Waals surface area contributed by atoms with Gasteiger partial charge in [0, 0.05) is 8.41 Å². The molecule has 0 fully saturated rings. The van der Waals surface area contributed by atoms with Crippen molar-refractivity contribution in [1.29, 1.82) is 0 Å². The summed E-state index contributed by atoms with van der Waals surface area (Å²) in [6.45, 7) is 0. The number of hydrogen-bond acceptors (Lipinski definition) is 0. The predicted octanol–water partition coefficient (Wildman–Crippen LogP) is 0.194. The third-order valence-corrected chi connectivity index (χ3v) is 0. The molecule has 0 saturated heterocycles. The SMILES string of the molecule is [B].[N-3].[N-3].[W+6]. The first-order valence-corrected chi connectivity index (χ1v) is 0. The van der Waals surface area contributed by atoms with Gasteiger partial charge in [0.2, 0.25) is 0 Å². The Balaban J connectivity index is 0. The summed E-state index contributed by atoms with van der Waals surface area (Å²) < 4.78 is 0. The zero-order valence-electron chi connectivity index (χ0n) is 1.88. The fourth-order valence-corrected chi connectivity index (χ4v) is 0. The molecule has 0 unspecified atom stereocenters. The Morgan fingerprint density at radius 1 is 0.750 bits per heavy atom. The Bertz CT molecular complexity index is 6.00. The monoisotopic (exact) mass is 223 g/mol. The van der Waals surface area contributed by atoms with E-state index in [-0.39, 0.29) is 41.8 Å². The van der Waals surface area contributed by atoms with Gasteiger partial charge in [0.25, 0.3) is 0 Å². The molecule has 0 aromatic heterocycles. The van der Waals surface area contributed by atoms with Crippen LogP contribution in [0.15, 0.2) is 0 Å². The van der Waals surface area contributed by atoms with Crippen molar-refractivity contribution in [2.75, 3.05) is 0 Å². The fourth-order valence-electron chi connectivity index (χ4n) is 0. The first kappa shape index (κ1) is 139. The van der Waals surface area contributed by atoms with Gasteiger partial charge < -0.3 is 12.3 Å². The maximum Gasteiger partial charge on any atom is 6.00 e. The zero-order chi connectivity index (χ0) is 0. The van der Waals surface area contributed by atoms with Gasteiger partial charge in [-0.15, -0.1) is 0 Å². The largest absolute Gasteiger partial charge is 6.00 e. The molecule has 0 spiro atoms. The Labute approximate surface area is 42.4 Å². The second kappa shape index (κ2) is 57.9. The zero-order valence-corrected chi connectivity index (χ0v) is 4.81. The van der Waals surface area contributed by atoms with Gasteiger partial charge in [-0.25, -0.2) is 0 Å². The summed E-state index contributed by atoms with van der Waals surface area (Å²) in [6, 6.07) is 0. The molecule has 0 N–H and O–H groups in total. The van der Waals surface area contributed by atoms with Gasteiger partial charge in [0.1, 0.15) is 0 Å². The van der Waals surface area contributed by atoms with Gasteiger partial charge in [-0.2, -0.15) is 0 Å². The minimum Gasteiger partial charge on any atom is -3.00 e. The van der Waals surface area contributed by atoms with Crippen molar-refractivity contribution < 1.29 is 21.1 Å². The van der Waals surface area contributed by atoms with E-state index in [1.165, 1.54) is 0 Å². The third kappa shape index (κ3) is 16.5. The topological polar surface area (TPSA) is 61.0 Å². The van der Waals surface area contributed by atoms with Gasteiger partial charge >= 0.3 is 21.1 Å². The molecular weight excluding hydrogens is 223 g/mol. The minimum absolute atomic E-state index is 0. The van der Waals surface area contributed by atoms with Crippen molar-refractivity contribution in [3.63, 3.8) is 0 Å². The number of rotatable bonds is 0. The molecule has 0 aliphatic heterocycles. The molecule has 0 aliphatic rings. The Morgan fingerprint density at radius 2 is 0.750 bits per heavy atom. The molecule has 0 saturated carbocycles. The molecular formula is BN2W. The van der Waals surface area contributed by atoms with Crippen molar-refractivity contribution in [1.82, 2.24) is 0 Å². The molecule has 4 heavy (non-hydrogen) atoms. The summed E-state index contributed by atoms with van der Waals surface area (Å²) in [5, 5.41) is 0. The van der Waals surface area contributed by atoms with Gasteiger partial charge in [-0.05, 0) is 0 Å². The van der Waals surface area contributed by atoms with Crippen LogP contribution < -0.4 is 0 Å². The number of nitrogens with zero attached hydrogens (tertiary/aromatic N) is 2. The average molecular weight is 223 g/mol. The van der Waals surface area contributed by atoms with Gasteiger partial charge in [-0.1, -0.05) is 0 Å². The molecule has 4 heteroatoms. The van der Waals surface area contributed by atoms with E-state index in [1.807, 2.05) is 0 Å². The Morgan fingerprint density at radius 3 is 0.750 bits per heavy atom. The van der Waals surface area contributed by atoms with Crippen LogP contribution in [0.3, 0.4) is 0 Å². The van der Waals surface area contributed by atoms with Crippen LogP contribution in [0, 0.1) is 0 Å². The van der Waals surface area contributed by atoms with E-state index in [4.69, 9.17) is 0 Å². The molecule has 0 atom stereocenters. The molecule has 2 nitrogen and oxygen atoms in total. The van der Waals surface area contributed by atoms with Crippen LogP contribution in [-0.2, 0) is 21.1 Å². The van der Waals surface area contributed by atoms with Gasteiger partial charge in [-0.3, -0.25) is 0 Å². The first-order chi connectivity index (χ1) is 0. The van der Waals surface area contributed by atoms with Crippen molar-refractivity contribution in [3.05, 3.63) is 12.3 Å². The summed E-state index contributed by atoms with van der Waals surface area (Å²) in [7, 11) is 0. The second-order valence-electron chi connectivity index (χ2n) is 0. The quantitative estimate of drug-likeness (QED) is 0.526. The van der Waals surface area contributed by atoms with Crippen LogP contribution in [0.4, 0.5) is 0 Å². The average Bonchev–Trinajstić information content (AvgIpc) is 0. The normalized spacial score (nSPS) is 0. The third-order valence-electron chi connectivity index (χ3n) is 0. The summed E-state index contributed by atoms with van der Waals surface area (Å²) >= 11 is 0. The van der Waals surface area contributed by atoms with Crippen LogP contribution in [0.5, 0.6) is 0 Å². The van der Waals surface area contributed by atoms with Crippen LogP contribution in [0.25, 0.3) is 12.3 Å². The maximum absolute atomic E-state index is 0. The predicted molar refractivity (Wildman–Crippen MR) is 12.5 cm³/mol. The summed E-state index contributed by atoms with van der Waals surface area (Å²) in [6.07, 6.45) is 0. The molecule has 0 amide bonds. The van der Waals surface area contributed by atoms with E-state index < -0.39 is 0 Å². The van der Waals surface area contributed by atoms with E-state index in [1.54, 1.807) is 0 Å². The molecule has 0 aromatic carbocycles. The first-order valence-electron chi connectivity index (χ1n) is 0. The van der Waals surface area contributed by atoms with Crippen LogP contribution in [0.1, 0.15) is 0 Å². The molecule has 0 bridgehead atoms. The summed E-state index contributed by atoms with van der Waals surface area (Å²) in [5.41, 5.74) is 0. The van der Waals surface area contributed by atoms with Crippen LogP contribution >= 0.6 is 0 Å². The fraction of sp³-hybridized carbons (Fsp3) is 0. The van der Waals surface area contributed by atoms with Gasteiger partial charge in [0.15, 0.2) is 0 Å². The Hall–Kier alpha value is 0.673. The van der Waals surface area contributed by atoms with Crippen molar-refractivity contribution in [2.45, 2.75) is 0 Å². The van der Waals surface area contributed by atoms with E-state index in [0.29, 0.717) is 0 Å². The van der Waals surface area contributed by atoms with E-state index in [2.05, 4.69) is 0 Å². The maximum atomic E-state index is 0. The summed E-state index contributed by atoms with van der Waals surface area (Å²) in [4.78, 5) is 0. The van der Waals surface area contributed by atoms with Crippen LogP contribution in [0.2, 0.25) is 0 Å². The number of hydrogen-bond donors (Lipinski definition) is 0. The molecule has 0 aromatic rings. The standard InChI is InChI=1S/B.2N.W/q;2*-3;+6.